The van der Waals surface area contributed by atoms with Gasteiger partial charge in [-0.25, -0.2) is 58.0 Å². The van der Waals surface area contributed by atoms with Crippen molar-refractivity contribution in [3.63, 3.8) is 0 Å². The van der Waals surface area contributed by atoms with Gasteiger partial charge in [0, 0.05) is 55.7 Å². The Morgan fingerprint density at radius 3 is 0.992 bits per heavy atom. The van der Waals surface area contributed by atoms with Gasteiger partial charge in [0.1, 0.15) is 33.0 Å². The lowest BCUT2D eigenvalue weighted by atomic mass is 9.78. The third kappa shape index (κ3) is 19.5. The first-order valence-corrected chi connectivity index (χ1v) is 41.0. The number of esters is 1. The van der Waals surface area contributed by atoms with Crippen molar-refractivity contribution in [2.45, 2.75) is 180 Å². The molecule has 0 aliphatic heterocycles. The molecule has 12 aromatic rings. The Hall–Kier alpha value is -12.9. The Kier molecular flexibility index (Phi) is 26.1. The number of benzene rings is 3. The van der Waals surface area contributed by atoms with Gasteiger partial charge in [0.05, 0.1) is 55.2 Å². The summed E-state index contributed by atoms with van der Waals surface area (Å²) in [6.07, 6.45) is 20.0. The molecule has 3 aliphatic rings. The summed E-state index contributed by atoms with van der Waals surface area (Å²) in [5.74, 6) is 2.90. The van der Waals surface area contributed by atoms with E-state index in [9.17, 15) is 49.2 Å². The van der Waals surface area contributed by atoms with Gasteiger partial charge in [0.2, 0.25) is 23.8 Å². The molecule has 9 heterocycles. The number of fused-ring (bicyclic) bond motifs is 3. The van der Waals surface area contributed by atoms with E-state index in [4.69, 9.17) is 14.7 Å². The van der Waals surface area contributed by atoms with E-state index in [-0.39, 0.29) is 65.9 Å². The lowest BCUT2D eigenvalue weighted by Gasteiger charge is -2.29. The molecule has 0 atom stereocenters. The number of hydrogen-bond donors (Lipinski definition) is 7. The highest BCUT2D eigenvalue weighted by Gasteiger charge is 2.33. The first kappa shape index (κ1) is 85.9. The second kappa shape index (κ2) is 36.7. The van der Waals surface area contributed by atoms with Crippen LogP contribution in [0.5, 0.6) is 0 Å². The van der Waals surface area contributed by atoms with Crippen LogP contribution in [0.1, 0.15) is 177 Å². The molecule has 30 nitrogen and oxygen atoms in total. The predicted octanol–water partition coefficient (Wildman–Crippen LogP) is 14.0. The quantitative estimate of drug-likeness (QED) is 0.0206. The van der Waals surface area contributed by atoms with Crippen LogP contribution < -0.4 is 32.6 Å². The van der Waals surface area contributed by atoms with Crippen LogP contribution in [0.4, 0.5) is 34.9 Å². The smallest absolute Gasteiger partial charge is 0.308 e. The van der Waals surface area contributed by atoms with Gasteiger partial charge >= 0.3 is 11.9 Å². The average Bonchev–Trinajstić information content (AvgIpc) is 1.61. The molecule has 0 unspecified atom stereocenters. The van der Waals surface area contributed by atoms with Gasteiger partial charge in [-0.05, 0) is 233 Å². The van der Waals surface area contributed by atoms with E-state index >= 15 is 0 Å². The van der Waals surface area contributed by atoms with Gasteiger partial charge in [0.25, 0.3) is 16.7 Å². The molecule has 3 fully saturated rings. The maximum absolute atomic E-state index is 13.2. The van der Waals surface area contributed by atoms with Gasteiger partial charge in [-0.2, -0.15) is 15.0 Å². The zero-order valence-corrected chi connectivity index (χ0v) is 69.8. The first-order chi connectivity index (χ1) is 57.9. The van der Waals surface area contributed by atoms with Gasteiger partial charge < -0.3 is 46.0 Å². The second-order valence-corrected chi connectivity index (χ2v) is 32.8. The van der Waals surface area contributed by atoms with Crippen molar-refractivity contribution in [2.24, 2.45) is 17.8 Å². The minimum Gasteiger partial charge on any atom is -0.481 e. The van der Waals surface area contributed by atoms with Crippen LogP contribution >= 0.6 is 0 Å². The van der Waals surface area contributed by atoms with Crippen molar-refractivity contribution in [3.05, 3.63) is 249 Å². The molecule has 0 spiro atoms. The number of aromatic nitrogens is 15. The van der Waals surface area contributed by atoms with Crippen molar-refractivity contribution >= 4 is 85.9 Å². The predicted molar refractivity (Wildman–Crippen MR) is 465 cm³/mol. The molecule has 1 amide bonds. The molecule has 0 bridgehead atoms. The Labute approximate surface area is 700 Å². The minimum atomic E-state index is -1.16. The normalized spacial score (nSPS) is 17.5. The van der Waals surface area contributed by atoms with Crippen molar-refractivity contribution in [2.75, 3.05) is 36.7 Å². The largest absolute Gasteiger partial charge is 0.481 e. The highest BCUT2D eigenvalue weighted by Crippen LogP contribution is 2.40. The van der Waals surface area contributed by atoms with Crippen molar-refractivity contribution in [3.8, 4) is 17.5 Å². The number of hydrogen-bond acceptors (Lipinski definition) is 22. The van der Waals surface area contributed by atoms with Crippen molar-refractivity contribution in [1.82, 2.24) is 77.8 Å². The molecule has 0 saturated heterocycles. The van der Waals surface area contributed by atoms with Crippen LogP contribution in [0.25, 0.3) is 50.6 Å². The monoisotopic (exact) mass is 1640 g/mol. The van der Waals surface area contributed by atoms with Gasteiger partial charge in [-0.3, -0.25) is 28.8 Å². The van der Waals surface area contributed by atoms with Crippen LogP contribution in [0.2, 0.25) is 0 Å². The van der Waals surface area contributed by atoms with E-state index in [0.717, 1.165) is 81.3 Å². The number of anilines is 6. The van der Waals surface area contributed by atoms with E-state index < -0.39 is 22.8 Å². The average molecular weight is 1640 g/mol. The Balaban J connectivity index is 0.000000157. The number of nitrogens with one attached hydrogen (secondary N) is 3. The van der Waals surface area contributed by atoms with Crippen molar-refractivity contribution in [1.29, 1.82) is 0 Å². The zero-order chi connectivity index (χ0) is 86.2. The number of carbonyl (C=O) groups is 3. The van der Waals surface area contributed by atoms with Crippen LogP contribution in [-0.4, -0.2) is 137 Å². The molecule has 9 aromatic heterocycles. The van der Waals surface area contributed by atoms with E-state index in [2.05, 4.69) is 107 Å². The highest BCUT2D eigenvalue weighted by atomic mass is 16.5. The first-order valence-electron chi connectivity index (χ1n) is 41.0. The number of carboxylic acid groups (broad SMARTS) is 1. The molecule has 3 aromatic carbocycles. The maximum atomic E-state index is 13.2. The molecule has 15 rings (SSSR count). The Morgan fingerprint density at radius 2 is 0.727 bits per heavy atom. The number of carbonyl (C=O) groups excluding carboxylic acids is 2. The fourth-order valence-electron chi connectivity index (χ4n) is 16.0. The molecule has 630 valence electrons. The summed E-state index contributed by atoms with van der Waals surface area (Å²) in [6.45, 7) is 24.3. The maximum Gasteiger partial charge on any atom is 0.308 e. The number of ether oxygens (including phenoxy) is 1. The third-order valence-corrected chi connectivity index (χ3v) is 22.5. The van der Waals surface area contributed by atoms with Crippen LogP contribution in [0, 0.1) is 17.8 Å². The summed E-state index contributed by atoms with van der Waals surface area (Å²) < 4.78 is 14.6. The van der Waals surface area contributed by atoms with Gasteiger partial charge in [-0.1, -0.05) is 72.8 Å². The third-order valence-electron chi connectivity index (χ3n) is 22.5. The summed E-state index contributed by atoms with van der Waals surface area (Å²) in [4.78, 5) is 118. The molecular formula is C91H105N19O11. The summed E-state index contributed by atoms with van der Waals surface area (Å²) in [7, 11) is 3.65. The van der Waals surface area contributed by atoms with E-state index in [1.54, 1.807) is 133 Å². The van der Waals surface area contributed by atoms with E-state index in [1.807, 2.05) is 57.4 Å². The van der Waals surface area contributed by atoms with Crippen molar-refractivity contribution < 1.29 is 39.5 Å². The lowest BCUT2D eigenvalue weighted by Crippen LogP contribution is -2.31. The van der Waals surface area contributed by atoms with E-state index in [0.29, 0.717) is 123 Å². The number of aliphatic hydroxyl groups is 3. The molecule has 30 heteroatoms. The molecular weight excluding hydrogens is 1540 g/mol. The number of pyridine rings is 3. The van der Waals surface area contributed by atoms with Crippen LogP contribution in [0.15, 0.2) is 198 Å². The molecule has 121 heavy (non-hydrogen) atoms. The fraction of sp³-hybridized carbons (Fsp3) is 0.374. The standard InChI is InChI=1S/C31H37N7O3.C31H36N6O4.C29H32N6O4/c1-6-18-37-29(40)24-19-32-30(35-27(24)38(37)26-9-7-8-25(34-26)31(2,3)41)33-23-16-14-21(15-17-23)20-10-12-22(13-11-20)28(39)36(4)5;1-5-18-36-28(38)24-19-32-30(35-27(24)37(36)26-9-7-8-25(34-26)31(3,4)40)33-23-16-14-21(15-17-23)20-10-12-22(13-11-20)29(39)41-6-2;1-4-16-34-26(36)22-17-30-28(33-25(22)35(34)24-7-5-6-23(32-24)29(2,3)39)31-21-14-12-19(13-15-21)18-8-10-20(11-9-18)27(37)38/h6-9,14-17,19-20,22,41H,1,10-13,18H2,2-5H3,(H,32,33,35);5,7-9,14-17,19-20,22,40H,1,6,10-13,18H2,2-4H3,(H,32,33,35);4-7,12-15,17-18,20,39H,1,8-11,16H2,2-3H3,(H,37,38)(H,30,31,33). The Bertz CT molecular complexity index is 5960. The topological polar surface area (TPSA) is 377 Å². The summed E-state index contributed by atoms with van der Waals surface area (Å²) in [5.41, 5.74) is 4.44. The number of aliphatic carboxylic acids is 1. The van der Waals surface area contributed by atoms with Crippen LogP contribution in [-0.2, 0) is 55.6 Å². The molecule has 3 saturated carbocycles. The molecule has 7 N–H and O–H groups in total. The number of carboxylic acids is 1. The number of rotatable bonds is 25. The lowest BCUT2D eigenvalue weighted by molar-refractivity contribution is -0.149. The minimum absolute atomic E-state index is 0.00533. The second-order valence-electron chi connectivity index (χ2n) is 32.8. The Morgan fingerprint density at radius 1 is 0.438 bits per heavy atom. The number of amides is 1. The molecule has 0 radical (unpaired) electrons. The molecule has 3 aliphatic carbocycles. The fourth-order valence-corrected chi connectivity index (χ4v) is 16.0. The summed E-state index contributed by atoms with van der Waals surface area (Å²) >= 11 is 0. The summed E-state index contributed by atoms with van der Waals surface area (Å²) in [5, 5.41) is 51.5. The van der Waals surface area contributed by atoms with Gasteiger partial charge in [-0.15, -0.1) is 19.7 Å². The zero-order valence-electron chi connectivity index (χ0n) is 69.8. The highest BCUT2D eigenvalue weighted by molar-refractivity contribution is 5.80. The summed E-state index contributed by atoms with van der Waals surface area (Å²) in [6, 6.07) is 40.3. The van der Waals surface area contributed by atoms with Crippen LogP contribution in [0.3, 0.4) is 0 Å². The number of allylic oxidation sites excluding steroid dienone is 3. The SMILES string of the molecule is C=CCn1c(=O)c2cnc(Nc3ccc(C4CCC(C(=O)N(C)C)CC4)cc3)nc2n1-c1cccc(C(C)(C)O)n1.C=CCn1c(=O)c2cnc(Nc3ccc(C4CCC(C(=O)O)CC4)cc3)nc2n1-c1cccc(C(C)(C)O)n1.C=CCn1c(=O)c2cnc(Nc3ccc(C4CCC(C(=O)OCC)CC4)cc3)nc2n1-c1cccc(C(C)(C)O)n1. The van der Waals surface area contributed by atoms with E-state index in [1.165, 1.54) is 49.3 Å². The number of nitrogens with zero attached hydrogens (tertiary/aromatic N) is 16. The van der Waals surface area contributed by atoms with Gasteiger partial charge in [0.15, 0.2) is 34.4 Å².